The van der Waals surface area contributed by atoms with Crippen LogP contribution in [0.1, 0.15) is 22.3 Å². The largest absolute Gasteiger partial charge is 0.490 e. The fourth-order valence-corrected chi connectivity index (χ4v) is 3.36. The fraction of sp³-hybridized carbons (Fsp3) is 0.160. The first kappa shape index (κ1) is 19.8. The van der Waals surface area contributed by atoms with Gasteiger partial charge in [-0.2, -0.15) is 0 Å². The molecule has 0 saturated heterocycles. The van der Waals surface area contributed by atoms with Gasteiger partial charge in [-0.05, 0) is 55.5 Å². The molecule has 1 amide bonds. The van der Waals surface area contributed by atoms with Crippen LogP contribution in [0, 0.1) is 6.92 Å². The number of carbonyl (C=O) groups excluding carboxylic acids is 1. The lowest BCUT2D eigenvalue weighted by molar-refractivity contribution is 0.102. The van der Waals surface area contributed by atoms with E-state index in [1.54, 1.807) is 42.5 Å². The van der Waals surface area contributed by atoms with Crippen LogP contribution < -0.4 is 14.8 Å². The highest BCUT2D eigenvalue weighted by Crippen LogP contribution is 2.32. The Bertz CT molecular complexity index is 1250. The molecule has 0 aliphatic carbocycles. The van der Waals surface area contributed by atoms with Crippen molar-refractivity contribution in [2.75, 3.05) is 18.5 Å². The van der Waals surface area contributed by atoms with Gasteiger partial charge in [0.1, 0.15) is 0 Å². The summed E-state index contributed by atoms with van der Waals surface area (Å²) in [5.74, 6) is 1.95. The lowest BCUT2D eigenvalue weighted by atomic mass is 10.1. The third-order valence-electron chi connectivity index (χ3n) is 5.12. The van der Waals surface area contributed by atoms with Crippen LogP contribution in [0.3, 0.4) is 0 Å². The molecule has 2 heterocycles. The number of benzene rings is 3. The van der Waals surface area contributed by atoms with E-state index in [2.05, 4.69) is 15.5 Å². The van der Waals surface area contributed by atoms with Crippen LogP contribution in [0.2, 0.25) is 0 Å². The number of nitrogens with zero attached hydrogens (tertiary/aromatic N) is 2. The summed E-state index contributed by atoms with van der Waals surface area (Å²) in [7, 11) is 0. The molecule has 0 saturated carbocycles. The molecule has 32 heavy (non-hydrogen) atoms. The van der Waals surface area contributed by atoms with Crippen molar-refractivity contribution in [2.24, 2.45) is 0 Å². The molecule has 1 aliphatic heterocycles. The van der Waals surface area contributed by atoms with Crippen molar-refractivity contribution in [3.8, 4) is 34.4 Å². The van der Waals surface area contributed by atoms with Gasteiger partial charge in [-0.25, -0.2) is 0 Å². The molecule has 7 nitrogen and oxygen atoms in total. The number of amides is 1. The summed E-state index contributed by atoms with van der Waals surface area (Å²) in [6.07, 6.45) is 0.829. The van der Waals surface area contributed by atoms with E-state index >= 15 is 0 Å². The van der Waals surface area contributed by atoms with Gasteiger partial charge in [0.15, 0.2) is 11.5 Å². The minimum Gasteiger partial charge on any atom is -0.490 e. The Hall–Kier alpha value is -4.13. The summed E-state index contributed by atoms with van der Waals surface area (Å²) < 4.78 is 17.1. The molecule has 0 bridgehead atoms. The van der Waals surface area contributed by atoms with Gasteiger partial charge in [0.05, 0.1) is 13.2 Å². The van der Waals surface area contributed by atoms with E-state index in [4.69, 9.17) is 13.9 Å². The van der Waals surface area contributed by atoms with E-state index in [0.29, 0.717) is 47.7 Å². The van der Waals surface area contributed by atoms with E-state index in [0.717, 1.165) is 23.1 Å². The zero-order chi connectivity index (χ0) is 21.9. The second kappa shape index (κ2) is 8.55. The molecule has 0 fully saturated rings. The molecule has 1 aliphatic rings. The van der Waals surface area contributed by atoms with Crippen LogP contribution in [0.25, 0.3) is 22.9 Å². The maximum Gasteiger partial charge on any atom is 0.255 e. The molecule has 0 radical (unpaired) electrons. The Balaban J connectivity index is 1.29. The van der Waals surface area contributed by atoms with Crippen molar-refractivity contribution in [1.29, 1.82) is 0 Å². The van der Waals surface area contributed by atoms with Crippen LogP contribution in [-0.4, -0.2) is 29.3 Å². The maximum atomic E-state index is 12.7. The minimum absolute atomic E-state index is 0.225. The molecule has 1 N–H and O–H groups in total. The number of rotatable bonds is 4. The second-order valence-electron chi connectivity index (χ2n) is 7.52. The van der Waals surface area contributed by atoms with E-state index in [1.807, 2.05) is 31.2 Å². The van der Waals surface area contributed by atoms with Crippen molar-refractivity contribution >= 4 is 11.6 Å². The quantitative estimate of drug-likeness (QED) is 0.486. The van der Waals surface area contributed by atoms with Crippen molar-refractivity contribution < 1.29 is 18.7 Å². The van der Waals surface area contributed by atoms with Gasteiger partial charge >= 0.3 is 0 Å². The van der Waals surface area contributed by atoms with Crippen molar-refractivity contribution in [3.05, 3.63) is 77.9 Å². The van der Waals surface area contributed by atoms with E-state index < -0.39 is 0 Å². The molecule has 0 atom stereocenters. The standard InChI is InChI=1S/C25H21N3O4/c1-16-3-5-18(6-4-16)24-27-28-25(32-24)19-9-7-17(8-10-19)23(29)26-20-11-12-21-22(15-20)31-14-2-13-30-21/h3-12,15H,2,13-14H2,1H3,(H,26,29). The summed E-state index contributed by atoms with van der Waals surface area (Å²) in [6.45, 7) is 3.24. The summed E-state index contributed by atoms with van der Waals surface area (Å²) >= 11 is 0. The highest BCUT2D eigenvalue weighted by Gasteiger charge is 2.14. The molecule has 0 spiro atoms. The Kier molecular flexibility index (Phi) is 5.29. The van der Waals surface area contributed by atoms with Crippen LogP contribution in [-0.2, 0) is 0 Å². The summed E-state index contributed by atoms with van der Waals surface area (Å²) in [4.78, 5) is 12.7. The normalized spacial score (nSPS) is 12.8. The Labute approximate surface area is 185 Å². The van der Waals surface area contributed by atoms with Gasteiger partial charge in [-0.15, -0.1) is 10.2 Å². The highest BCUT2D eigenvalue weighted by atomic mass is 16.5. The molecule has 5 rings (SSSR count). The molecule has 160 valence electrons. The number of hydrogen-bond donors (Lipinski definition) is 1. The van der Waals surface area contributed by atoms with Crippen LogP contribution >= 0.6 is 0 Å². The first-order valence-corrected chi connectivity index (χ1v) is 10.4. The second-order valence-corrected chi connectivity index (χ2v) is 7.52. The molecular formula is C25H21N3O4. The molecule has 7 heteroatoms. The molecule has 4 aromatic rings. The number of nitrogens with one attached hydrogen (secondary N) is 1. The van der Waals surface area contributed by atoms with E-state index in [1.165, 1.54) is 0 Å². The summed E-state index contributed by atoms with van der Waals surface area (Å²) in [6, 6.07) is 20.3. The SMILES string of the molecule is Cc1ccc(-c2nnc(-c3ccc(C(=O)Nc4ccc5c(c4)OCCCO5)cc3)o2)cc1. The lowest BCUT2D eigenvalue weighted by Crippen LogP contribution is -2.11. The van der Waals surface area contributed by atoms with E-state index in [9.17, 15) is 4.79 Å². The van der Waals surface area contributed by atoms with Gasteiger partial charge in [0.25, 0.3) is 5.91 Å². The highest BCUT2D eigenvalue weighted by molar-refractivity contribution is 6.04. The van der Waals surface area contributed by atoms with Gasteiger partial charge in [-0.1, -0.05) is 17.7 Å². The van der Waals surface area contributed by atoms with Gasteiger partial charge in [-0.3, -0.25) is 4.79 Å². The first-order chi connectivity index (χ1) is 15.7. The number of aryl methyl sites for hydroxylation is 1. The van der Waals surface area contributed by atoms with Gasteiger partial charge in [0, 0.05) is 34.9 Å². The van der Waals surface area contributed by atoms with E-state index in [-0.39, 0.29) is 5.91 Å². The maximum absolute atomic E-state index is 12.7. The van der Waals surface area contributed by atoms with Crippen molar-refractivity contribution in [1.82, 2.24) is 10.2 Å². The zero-order valence-electron chi connectivity index (χ0n) is 17.5. The third kappa shape index (κ3) is 4.18. The van der Waals surface area contributed by atoms with Crippen LogP contribution in [0.15, 0.2) is 71.1 Å². The summed E-state index contributed by atoms with van der Waals surface area (Å²) in [5.41, 5.74) is 3.92. The number of hydrogen-bond acceptors (Lipinski definition) is 6. The number of ether oxygens (including phenoxy) is 2. The molecular weight excluding hydrogens is 406 g/mol. The van der Waals surface area contributed by atoms with Crippen LogP contribution in [0.5, 0.6) is 11.5 Å². The van der Waals surface area contributed by atoms with Crippen molar-refractivity contribution in [3.63, 3.8) is 0 Å². The topological polar surface area (TPSA) is 86.5 Å². The molecule has 0 unspecified atom stereocenters. The van der Waals surface area contributed by atoms with Gasteiger partial charge < -0.3 is 19.2 Å². The number of anilines is 1. The molecule has 3 aromatic carbocycles. The number of aromatic nitrogens is 2. The zero-order valence-corrected chi connectivity index (χ0v) is 17.5. The lowest BCUT2D eigenvalue weighted by Gasteiger charge is -2.10. The number of fused-ring (bicyclic) bond motifs is 1. The predicted molar refractivity (Wildman–Crippen MR) is 120 cm³/mol. The Morgan fingerprint density at radius 3 is 2.12 bits per heavy atom. The van der Waals surface area contributed by atoms with Crippen LogP contribution in [0.4, 0.5) is 5.69 Å². The monoisotopic (exact) mass is 427 g/mol. The average molecular weight is 427 g/mol. The third-order valence-corrected chi connectivity index (χ3v) is 5.12. The first-order valence-electron chi connectivity index (χ1n) is 10.4. The average Bonchev–Trinajstić information content (AvgIpc) is 3.19. The number of carbonyl (C=O) groups is 1. The molecule has 1 aromatic heterocycles. The minimum atomic E-state index is -0.225. The van der Waals surface area contributed by atoms with Crippen molar-refractivity contribution in [2.45, 2.75) is 13.3 Å². The Morgan fingerprint density at radius 2 is 1.44 bits per heavy atom. The fourth-order valence-electron chi connectivity index (χ4n) is 3.36. The smallest absolute Gasteiger partial charge is 0.255 e. The van der Waals surface area contributed by atoms with Gasteiger partial charge in [0.2, 0.25) is 11.8 Å². The predicted octanol–water partition coefficient (Wildman–Crippen LogP) is 5.13. The summed E-state index contributed by atoms with van der Waals surface area (Å²) in [5, 5.41) is 11.2. The Morgan fingerprint density at radius 1 is 0.812 bits per heavy atom.